The molecule has 5 heteroatoms. The van der Waals surface area contributed by atoms with E-state index in [1.807, 2.05) is 24.5 Å². The highest BCUT2D eigenvalue weighted by atomic mass is 16.3. The van der Waals surface area contributed by atoms with Gasteiger partial charge in [-0.2, -0.15) is 0 Å². The molecule has 0 saturated carbocycles. The summed E-state index contributed by atoms with van der Waals surface area (Å²) in [7, 11) is 0. The number of rotatable bonds is 5. The van der Waals surface area contributed by atoms with E-state index < -0.39 is 0 Å². The zero-order valence-corrected chi connectivity index (χ0v) is 30.2. The van der Waals surface area contributed by atoms with Gasteiger partial charge >= 0.3 is 0 Å². The third-order valence-electron chi connectivity index (χ3n) is 11.5. The molecule has 0 atom stereocenters. The molecule has 5 heterocycles. The number of para-hydroxylation sites is 2. The van der Waals surface area contributed by atoms with Gasteiger partial charge in [0.1, 0.15) is 11.3 Å². The summed E-state index contributed by atoms with van der Waals surface area (Å²) >= 11 is 0. The van der Waals surface area contributed by atoms with Gasteiger partial charge in [0.25, 0.3) is 0 Å². The van der Waals surface area contributed by atoms with Gasteiger partial charge in [-0.25, -0.2) is 0 Å². The largest absolute Gasteiger partial charge is 0.456 e. The molecular weight excluding hydrogens is 685 g/mol. The van der Waals surface area contributed by atoms with Crippen LogP contribution >= 0.6 is 0 Å². The molecule has 0 N–H and O–H groups in total. The van der Waals surface area contributed by atoms with Crippen LogP contribution in [0.1, 0.15) is 16.7 Å². The Morgan fingerprint density at radius 1 is 0.464 bits per heavy atom. The second-order valence-corrected chi connectivity index (χ2v) is 14.7. The third kappa shape index (κ3) is 4.74. The van der Waals surface area contributed by atoms with Crippen molar-refractivity contribution in [3.05, 3.63) is 193 Å². The number of pyridine rings is 2. The van der Waals surface area contributed by atoms with E-state index in [-0.39, 0.29) is 0 Å². The van der Waals surface area contributed by atoms with Crippen molar-refractivity contribution in [2.24, 2.45) is 0 Å². The topological polar surface area (TPSA) is 48.8 Å². The minimum absolute atomic E-state index is 0.858. The Morgan fingerprint density at radius 2 is 1.02 bits per heavy atom. The first kappa shape index (κ1) is 30.9. The summed E-state index contributed by atoms with van der Waals surface area (Å²) in [6.45, 7) is 0. The Kier molecular flexibility index (Phi) is 6.63. The number of nitrogens with zero attached hydrogens (tertiary/aromatic N) is 4. The molecule has 1 aliphatic rings. The number of allylic oxidation sites excluding steroid dienone is 1. The number of hydrogen-bond acceptors (Lipinski definition) is 3. The first-order valence-corrected chi connectivity index (χ1v) is 19.0. The lowest BCUT2D eigenvalue weighted by Crippen LogP contribution is -1.94. The number of hydrogen-bond donors (Lipinski definition) is 0. The molecule has 11 aromatic rings. The standard InChI is InChI=1S/C51H32N4O/c1-3-9-44-42(7-1)50-46(11-5-25-52-50)54(44)40-21-17-32(18-22-40)38-28-35-14-13-34(27-39(35)29-38)36-15-16-37-31-48(56-49(37)30-36)33-19-23-41(24-20-33)55-45-10-4-2-8-43(45)51-47(55)12-6-26-53-51/h1-28,30-31H,29H2. The maximum atomic E-state index is 6.51. The molecule has 5 nitrogen and oxygen atoms in total. The summed E-state index contributed by atoms with van der Waals surface area (Å²) in [6.07, 6.45) is 6.97. The van der Waals surface area contributed by atoms with Crippen LogP contribution in [0.2, 0.25) is 0 Å². The quantitative estimate of drug-likeness (QED) is 0.178. The van der Waals surface area contributed by atoms with Crippen LogP contribution < -0.4 is 0 Å². The summed E-state index contributed by atoms with van der Waals surface area (Å²) in [4.78, 5) is 9.39. The van der Waals surface area contributed by atoms with E-state index in [0.29, 0.717) is 0 Å². The molecule has 1 aliphatic carbocycles. The van der Waals surface area contributed by atoms with Crippen LogP contribution in [-0.2, 0) is 6.42 Å². The smallest absolute Gasteiger partial charge is 0.135 e. The second-order valence-electron chi connectivity index (χ2n) is 14.7. The zero-order valence-electron chi connectivity index (χ0n) is 30.2. The van der Waals surface area contributed by atoms with Crippen molar-refractivity contribution in [3.8, 4) is 33.8 Å². The van der Waals surface area contributed by atoms with Crippen LogP contribution in [0.3, 0.4) is 0 Å². The van der Waals surface area contributed by atoms with Crippen LogP contribution in [0.25, 0.3) is 100 Å². The summed E-state index contributed by atoms with van der Waals surface area (Å²) in [5.74, 6) is 0.858. The van der Waals surface area contributed by atoms with Gasteiger partial charge in [0.2, 0.25) is 0 Å². The average Bonchev–Trinajstić information content (AvgIpc) is 4.04. The molecule has 0 unspecified atom stereocenters. The normalized spacial score (nSPS) is 12.7. The van der Waals surface area contributed by atoms with E-state index >= 15 is 0 Å². The SMILES string of the molecule is C1=C(c2ccc(-n3c4ccccc4c4ncccc43)cc2)Cc2cc(-c3ccc4cc(-c5ccc(-n6c7ccccc7c7ncccc76)cc5)oc4c3)ccc21. The first-order chi connectivity index (χ1) is 27.7. The third-order valence-corrected chi connectivity index (χ3v) is 11.5. The molecule has 0 radical (unpaired) electrons. The predicted molar refractivity (Wildman–Crippen MR) is 229 cm³/mol. The van der Waals surface area contributed by atoms with Gasteiger partial charge < -0.3 is 13.6 Å². The lowest BCUT2D eigenvalue weighted by Gasteiger charge is -2.09. The number of benzene rings is 6. The summed E-state index contributed by atoms with van der Waals surface area (Å²) in [5, 5.41) is 3.41. The van der Waals surface area contributed by atoms with E-state index in [1.165, 1.54) is 38.7 Å². The van der Waals surface area contributed by atoms with E-state index in [1.54, 1.807) is 0 Å². The lowest BCUT2D eigenvalue weighted by molar-refractivity contribution is 0.631. The molecule has 0 spiro atoms. The predicted octanol–water partition coefficient (Wildman–Crippen LogP) is 12.8. The first-order valence-electron chi connectivity index (χ1n) is 19.0. The van der Waals surface area contributed by atoms with Crippen molar-refractivity contribution in [3.63, 3.8) is 0 Å². The highest BCUT2D eigenvalue weighted by Gasteiger charge is 2.18. The van der Waals surface area contributed by atoms with Gasteiger partial charge in [-0.3, -0.25) is 9.97 Å². The fraction of sp³-hybridized carbons (Fsp3) is 0.0196. The van der Waals surface area contributed by atoms with Crippen molar-refractivity contribution in [2.45, 2.75) is 6.42 Å². The van der Waals surface area contributed by atoms with Crippen LogP contribution in [0, 0.1) is 0 Å². The highest BCUT2D eigenvalue weighted by Crippen LogP contribution is 2.38. The zero-order chi connectivity index (χ0) is 36.7. The maximum Gasteiger partial charge on any atom is 0.135 e. The van der Waals surface area contributed by atoms with Crippen LogP contribution in [0.4, 0.5) is 0 Å². The highest BCUT2D eigenvalue weighted by molar-refractivity contribution is 6.08. The molecule has 12 rings (SSSR count). The van der Waals surface area contributed by atoms with E-state index in [2.05, 4.69) is 167 Å². The fourth-order valence-corrected chi connectivity index (χ4v) is 8.78. The van der Waals surface area contributed by atoms with Crippen molar-refractivity contribution in [1.29, 1.82) is 0 Å². The van der Waals surface area contributed by atoms with Gasteiger partial charge in [0.15, 0.2) is 0 Å². The monoisotopic (exact) mass is 716 g/mol. The molecule has 0 saturated heterocycles. The van der Waals surface area contributed by atoms with E-state index in [4.69, 9.17) is 14.4 Å². The Bertz CT molecular complexity index is 3270. The van der Waals surface area contributed by atoms with Gasteiger partial charge in [-0.15, -0.1) is 0 Å². The Balaban J connectivity index is 0.804. The van der Waals surface area contributed by atoms with E-state index in [0.717, 1.165) is 78.6 Å². The van der Waals surface area contributed by atoms with Gasteiger partial charge in [0, 0.05) is 45.5 Å². The molecule has 0 fully saturated rings. The minimum Gasteiger partial charge on any atom is -0.456 e. The van der Waals surface area contributed by atoms with Crippen molar-refractivity contribution in [2.75, 3.05) is 0 Å². The van der Waals surface area contributed by atoms with Crippen molar-refractivity contribution >= 4 is 66.5 Å². The lowest BCUT2D eigenvalue weighted by atomic mass is 9.98. The molecule has 262 valence electrons. The fourth-order valence-electron chi connectivity index (χ4n) is 8.78. The van der Waals surface area contributed by atoms with Crippen LogP contribution in [0.15, 0.2) is 181 Å². The van der Waals surface area contributed by atoms with Crippen LogP contribution in [-0.4, -0.2) is 19.1 Å². The molecule has 6 aromatic carbocycles. The molecule has 0 bridgehead atoms. The van der Waals surface area contributed by atoms with Gasteiger partial charge in [-0.05, 0) is 125 Å². The Hall–Kier alpha value is -7.50. The molecular formula is C51H32N4O. The Labute approximate surface area is 322 Å². The number of fused-ring (bicyclic) bond motifs is 8. The van der Waals surface area contributed by atoms with Gasteiger partial charge in [-0.1, -0.05) is 84.9 Å². The van der Waals surface area contributed by atoms with Crippen molar-refractivity contribution in [1.82, 2.24) is 19.1 Å². The van der Waals surface area contributed by atoms with Gasteiger partial charge in [0.05, 0.1) is 33.1 Å². The number of furan rings is 1. The van der Waals surface area contributed by atoms with Crippen molar-refractivity contribution < 1.29 is 4.42 Å². The Morgan fingerprint density at radius 3 is 1.68 bits per heavy atom. The van der Waals surface area contributed by atoms with Crippen LogP contribution in [0.5, 0.6) is 0 Å². The molecule has 0 amide bonds. The number of aromatic nitrogens is 4. The molecule has 5 aromatic heterocycles. The van der Waals surface area contributed by atoms with E-state index in [9.17, 15) is 0 Å². The molecule has 0 aliphatic heterocycles. The summed E-state index contributed by atoms with van der Waals surface area (Å²) < 4.78 is 11.1. The summed E-state index contributed by atoms with van der Waals surface area (Å²) in [5.41, 5.74) is 18.3. The second kappa shape index (κ2) is 12.0. The average molecular weight is 717 g/mol. The maximum absolute atomic E-state index is 6.51. The minimum atomic E-state index is 0.858. The molecule has 56 heavy (non-hydrogen) atoms. The summed E-state index contributed by atoms with van der Waals surface area (Å²) in [6, 6.07) is 58.3.